The highest BCUT2D eigenvalue weighted by molar-refractivity contribution is 8.02. The van der Waals surface area contributed by atoms with E-state index in [1.807, 2.05) is 85.8 Å². The number of anilines is 1. The van der Waals surface area contributed by atoms with Gasteiger partial charge in [-0.15, -0.1) is 16.9 Å². The summed E-state index contributed by atoms with van der Waals surface area (Å²) in [5, 5.41) is 18.6. The van der Waals surface area contributed by atoms with Gasteiger partial charge in [0.1, 0.15) is 18.2 Å². The van der Waals surface area contributed by atoms with Crippen LogP contribution in [0.3, 0.4) is 0 Å². The second-order valence-electron chi connectivity index (χ2n) is 11.2. The Morgan fingerprint density at radius 2 is 1.79 bits per heavy atom. The molecule has 2 aromatic carbocycles. The molecule has 1 N–H and O–H groups in total. The van der Waals surface area contributed by atoms with Crippen molar-refractivity contribution in [2.45, 2.75) is 42.1 Å². The third-order valence-corrected chi connectivity index (χ3v) is 10.8. The third-order valence-electron chi connectivity index (χ3n) is 9.05. The molecule has 0 saturated carbocycles. The van der Waals surface area contributed by atoms with Crippen molar-refractivity contribution in [3.8, 4) is 0 Å². The molecule has 216 valence electrons. The minimum absolute atomic E-state index is 0.118. The molecule has 1 spiro atoms. The van der Waals surface area contributed by atoms with E-state index in [1.165, 1.54) is 11.8 Å². The van der Waals surface area contributed by atoms with Gasteiger partial charge in [-0.05, 0) is 30.7 Å². The standard InChI is InChI=1S/C31H32N6O4S/c1-2-20(18-38)37-27-30(41)34(19-36-23-13-7-6-12-22(23)32-33-36)16-9-15-31(27)26(29(37)40)25-24(42-31)14-8-17-35(28(25)39)21-10-4-3-5-11-21/h3-15,20,24-27,38H,2,16-19H2,1H3/t20-,24+,25-,26-,27?,31-/m0/s1. The lowest BCUT2D eigenvalue weighted by molar-refractivity contribution is -0.146. The maximum absolute atomic E-state index is 14.6. The summed E-state index contributed by atoms with van der Waals surface area (Å²) >= 11 is 1.54. The van der Waals surface area contributed by atoms with Crippen molar-refractivity contribution in [3.63, 3.8) is 0 Å². The molecule has 2 saturated heterocycles. The first-order valence-corrected chi connectivity index (χ1v) is 15.2. The lowest BCUT2D eigenvalue weighted by atomic mass is 9.78. The van der Waals surface area contributed by atoms with Crippen molar-refractivity contribution in [2.24, 2.45) is 11.8 Å². The predicted octanol–water partition coefficient (Wildman–Crippen LogP) is 2.46. The number of carbonyl (C=O) groups excluding carboxylic acids is 3. The van der Waals surface area contributed by atoms with Crippen LogP contribution in [0.4, 0.5) is 5.69 Å². The summed E-state index contributed by atoms with van der Waals surface area (Å²) in [5.41, 5.74) is 2.32. The Bertz CT molecular complexity index is 1600. The van der Waals surface area contributed by atoms with Crippen LogP contribution in [0, 0.1) is 11.8 Å². The summed E-state index contributed by atoms with van der Waals surface area (Å²) in [7, 11) is 0. The number of carbonyl (C=O) groups is 3. The van der Waals surface area contributed by atoms with Crippen LogP contribution in [0.15, 0.2) is 78.9 Å². The fourth-order valence-electron chi connectivity index (χ4n) is 7.08. The van der Waals surface area contributed by atoms with Crippen LogP contribution in [-0.4, -0.2) is 89.4 Å². The molecule has 5 heterocycles. The van der Waals surface area contributed by atoms with Crippen LogP contribution in [0.1, 0.15) is 13.3 Å². The number of para-hydroxylation sites is 2. The Kier molecular flexibility index (Phi) is 6.66. The van der Waals surface area contributed by atoms with Gasteiger partial charge >= 0.3 is 0 Å². The molecule has 3 amide bonds. The molecule has 6 atom stereocenters. The number of aliphatic hydroxyl groups excluding tert-OH is 1. The molecule has 3 aromatic rings. The van der Waals surface area contributed by atoms with Crippen molar-refractivity contribution in [2.75, 3.05) is 24.6 Å². The summed E-state index contributed by atoms with van der Waals surface area (Å²) in [6.45, 7) is 2.54. The minimum atomic E-state index is -0.953. The maximum Gasteiger partial charge on any atom is 0.248 e. The van der Waals surface area contributed by atoms with Crippen LogP contribution in [0.5, 0.6) is 0 Å². The first-order valence-electron chi connectivity index (χ1n) is 14.4. The molecule has 0 bridgehead atoms. The van der Waals surface area contributed by atoms with E-state index < -0.39 is 28.7 Å². The normalized spacial score (nSPS) is 29.5. The summed E-state index contributed by atoms with van der Waals surface area (Å²) < 4.78 is 0.738. The number of hydrogen-bond acceptors (Lipinski definition) is 7. The Morgan fingerprint density at radius 1 is 1.00 bits per heavy atom. The molecule has 4 aliphatic rings. The highest BCUT2D eigenvalue weighted by Crippen LogP contribution is 2.61. The van der Waals surface area contributed by atoms with Gasteiger partial charge < -0.3 is 19.8 Å². The second kappa shape index (κ2) is 10.4. The van der Waals surface area contributed by atoms with Gasteiger partial charge in [-0.25, -0.2) is 4.68 Å². The number of thioether (sulfide) groups is 1. The SMILES string of the molecule is CC[C@@H](CO)N1C(=O)[C@@H]2[C@H]3C(=O)N(c4ccccc4)CC=C[C@H]3S[C@@]23C=CCN(Cn2nnc4ccccc42)C(=O)C13. The van der Waals surface area contributed by atoms with Gasteiger partial charge in [0, 0.05) is 24.0 Å². The van der Waals surface area contributed by atoms with Gasteiger partial charge in [-0.1, -0.05) is 66.8 Å². The van der Waals surface area contributed by atoms with Gasteiger partial charge in [0.2, 0.25) is 17.7 Å². The topological polar surface area (TPSA) is 112 Å². The van der Waals surface area contributed by atoms with Crippen LogP contribution >= 0.6 is 11.8 Å². The van der Waals surface area contributed by atoms with E-state index >= 15 is 0 Å². The summed E-state index contributed by atoms with van der Waals surface area (Å²) in [4.78, 5) is 48.4. The highest BCUT2D eigenvalue weighted by atomic mass is 32.2. The average molecular weight is 585 g/mol. The van der Waals surface area contributed by atoms with Gasteiger partial charge in [-0.3, -0.25) is 14.4 Å². The Balaban J connectivity index is 1.30. The van der Waals surface area contributed by atoms with Crippen molar-refractivity contribution < 1.29 is 19.5 Å². The molecule has 2 fully saturated rings. The largest absolute Gasteiger partial charge is 0.394 e. The first-order chi connectivity index (χ1) is 20.5. The fourth-order valence-corrected chi connectivity index (χ4v) is 9.07. The maximum atomic E-state index is 14.6. The van der Waals surface area contributed by atoms with Crippen LogP contribution in [-0.2, 0) is 21.1 Å². The molecule has 7 rings (SSSR count). The van der Waals surface area contributed by atoms with Gasteiger partial charge in [0.05, 0.1) is 34.7 Å². The van der Waals surface area contributed by atoms with Gasteiger partial charge in [0.25, 0.3) is 0 Å². The number of nitrogens with zero attached hydrogens (tertiary/aromatic N) is 6. The quantitative estimate of drug-likeness (QED) is 0.443. The van der Waals surface area contributed by atoms with Crippen LogP contribution in [0.2, 0.25) is 0 Å². The van der Waals surface area contributed by atoms with E-state index in [1.54, 1.807) is 19.4 Å². The summed E-state index contributed by atoms with van der Waals surface area (Å²) in [6.07, 6.45) is 8.44. The van der Waals surface area contributed by atoms with Gasteiger partial charge in [-0.2, -0.15) is 0 Å². The number of hydrogen-bond donors (Lipinski definition) is 1. The van der Waals surface area contributed by atoms with Crippen LogP contribution in [0.25, 0.3) is 11.0 Å². The molecule has 4 aliphatic heterocycles. The molecule has 1 unspecified atom stereocenters. The van der Waals surface area contributed by atoms with Crippen molar-refractivity contribution in [3.05, 3.63) is 78.9 Å². The van der Waals surface area contributed by atoms with E-state index in [9.17, 15) is 19.5 Å². The average Bonchev–Trinajstić information content (AvgIpc) is 3.56. The molecule has 11 heteroatoms. The molecule has 0 radical (unpaired) electrons. The molecular weight excluding hydrogens is 552 g/mol. The predicted molar refractivity (Wildman–Crippen MR) is 159 cm³/mol. The minimum Gasteiger partial charge on any atom is -0.394 e. The first kappa shape index (κ1) is 26.9. The number of rotatable bonds is 6. The third kappa shape index (κ3) is 3.94. The fraction of sp³-hybridized carbons (Fsp3) is 0.387. The van der Waals surface area contributed by atoms with E-state index in [2.05, 4.69) is 10.3 Å². The zero-order valence-corrected chi connectivity index (χ0v) is 24.0. The zero-order valence-electron chi connectivity index (χ0n) is 23.2. The highest BCUT2D eigenvalue weighted by Gasteiger charge is 2.71. The number of likely N-dealkylation sites (tertiary alicyclic amines) is 1. The lowest BCUT2D eigenvalue weighted by Crippen LogP contribution is -2.56. The monoisotopic (exact) mass is 584 g/mol. The second-order valence-corrected chi connectivity index (χ2v) is 12.7. The zero-order chi connectivity index (χ0) is 29.0. The number of fused-ring (bicyclic) bond motifs is 3. The number of aliphatic hydroxyl groups is 1. The Hall–Kier alpha value is -3.96. The molecule has 10 nitrogen and oxygen atoms in total. The molecular formula is C31H32N6O4S. The number of benzene rings is 2. The van der Waals surface area contributed by atoms with Crippen LogP contribution < -0.4 is 4.90 Å². The van der Waals surface area contributed by atoms with E-state index in [0.717, 1.165) is 16.7 Å². The van der Waals surface area contributed by atoms with E-state index in [0.29, 0.717) is 19.5 Å². The smallest absolute Gasteiger partial charge is 0.248 e. The Morgan fingerprint density at radius 3 is 2.57 bits per heavy atom. The van der Waals surface area contributed by atoms with E-state index in [4.69, 9.17) is 0 Å². The van der Waals surface area contributed by atoms with Crippen molar-refractivity contribution in [1.82, 2.24) is 24.8 Å². The Labute approximate surface area is 247 Å². The van der Waals surface area contributed by atoms with Crippen molar-refractivity contribution >= 4 is 46.2 Å². The molecule has 42 heavy (non-hydrogen) atoms. The number of amides is 3. The number of aromatic nitrogens is 3. The molecule has 1 aromatic heterocycles. The molecule has 0 aliphatic carbocycles. The lowest BCUT2D eigenvalue weighted by Gasteiger charge is -2.38. The summed E-state index contributed by atoms with van der Waals surface area (Å²) in [5.74, 6) is -1.97. The van der Waals surface area contributed by atoms with Gasteiger partial charge in [0.15, 0.2) is 0 Å². The van der Waals surface area contributed by atoms with Crippen molar-refractivity contribution in [1.29, 1.82) is 0 Å². The van der Waals surface area contributed by atoms with E-state index in [-0.39, 0.29) is 36.2 Å². The summed E-state index contributed by atoms with van der Waals surface area (Å²) in [6, 6.07) is 15.6.